The summed E-state index contributed by atoms with van der Waals surface area (Å²) in [5.74, 6) is -2.86. The van der Waals surface area contributed by atoms with Crippen LogP contribution in [0.3, 0.4) is 0 Å². The molecule has 13 heteroatoms. The molecular formula is C34H53N5O8. The van der Waals surface area contributed by atoms with Gasteiger partial charge >= 0.3 is 5.97 Å². The summed E-state index contributed by atoms with van der Waals surface area (Å²) in [7, 11) is 0. The summed E-state index contributed by atoms with van der Waals surface area (Å²) in [4.78, 5) is 75.2. The summed E-state index contributed by atoms with van der Waals surface area (Å²) in [5, 5.41) is 19.6. The molecule has 1 saturated carbocycles. The van der Waals surface area contributed by atoms with Crippen LogP contribution in [0.25, 0.3) is 0 Å². The van der Waals surface area contributed by atoms with Crippen molar-refractivity contribution in [3.8, 4) is 5.75 Å². The Balaban J connectivity index is 1.93. The number of aliphatic carboxylic acids is 1. The molecule has 0 aromatic heterocycles. The minimum atomic E-state index is -1.08. The van der Waals surface area contributed by atoms with Crippen molar-refractivity contribution in [3.05, 3.63) is 29.8 Å². The summed E-state index contributed by atoms with van der Waals surface area (Å²) in [6.45, 7) is 6.29. The standard InChI is InChI=1S/C34H53N5O8/c1-21(2)16-29(34(46)38-27(14-15-35)33(45)39-28(23(4)40)18-24-8-6-5-7-9-24)37-30(41)19-36-32(44)22(3)17-25-10-12-26(13-11-25)47-20-31(42)43/h10-13,21-22,24,27-29H,5-9,14-20,35H2,1-4H3,(H,36,44)(H,37,41)(H,38,46)(H,39,45)(H,42,43)/t22-,27-,28-,29+/m0/s1. The number of ether oxygens (including phenoxy) is 1. The lowest BCUT2D eigenvalue weighted by molar-refractivity contribution is -0.139. The molecule has 0 saturated heterocycles. The van der Waals surface area contributed by atoms with Gasteiger partial charge in [-0.3, -0.25) is 24.0 Å². The van der Waals surface area contributed by atoms with E-state index in [1.54, 1.807) is 31.2 Å². The zero-order chi connectivity index (χ0) is 34.9. The average Bonchev–Trinajstić information content (AvgIpc) is 3.02. The van der Waals surface area contributed by atoms with E-state index in [0.29, 0.717) is 30.9 Å². The number of carboxylic acids is 1. The van der Waals surface area contributed by atoms with Crippen LogP contribution in [0.15, 0.2) is 24.3 Å². The summed E-state index contributed by atoms with van der Waals surface area (Å²) in [6, 6.07) is 4.13. The molecule has 0 radical (unpaired) electrons. The quantitative estimate of drug-likeness (QED) is 0.121. The summed E-state index contributed by atoms with van der Waals surface area (Å²) >= 11 is 0. The first-order valence-corrected chi connectivity index (χ1v) is 16.6. The van der Waals surface area contributed by atoms with Crippen LogP contribution in [-0.2, 0) is 35.2 Å². The predicted octanol–water partition coefficient (Wildman–Crippen LogP) is 1.85. The molecule has 2 rings (SSSR count). The van der Waals surface area contributed by atoms with Crippen molar-refractivity contribution >= 4 is 35.4 Å². The lowest BCUT2D eigenvalue weighted by atomic mass is 9.84. The number of benzene rings is 1. The third-order valence-electron chi connectivity index (χ3n) is 8.25. The van der Waals surface area contributed by atoms with Gasteiger partial charge < -0.3 is 36.8 Å². The number of nitrogens with one attached hydrogen (secondary N) is 4. The first-order valence-electron chi connectivity index (χ1n) is 16.6. The van der Waals surface area contributed by atoms with E-state index in [1.807, 2.05) is 13.8 Å². The largest absolute Gasteiger partial charge is 0.482 e. The molecule has 0 heterocycles. The predicted molar refractivity (Wildman–Crippen MR) is 176 cm³/mol. The number of Topliss-reactive ketones (excluding diaryl/α,β-unsaturated/α-hetero) is 1. The van der Waals surface area contributed by atoms with Gasteiger partial charge in [0.25, 0.3) is 0 Å². The molecule has 7 N–H and O–H groups in total. The molecule has 47 heavy (non-hydrogen) atoms. The number of nitrogens with two attached hydrogens (primary N) is 1. The number of carbonyl (C=O) groups excluding carboxylic acids is 5. The Morgan fingerprint density at radius 3 is 2.06 bits per heavy atom. The number of hydrogen-bond donors (Lipinski definition) is 6. The molecule has 1 aromatic carbocycles. The van der Waals surface area contributed by atoms with Gasteiger partial charge in [-0.25, -0.2) is 4.79 Å². The molecule has 13 nitrogen and oxygen atoms in total. The summed E-state index contributed by atoms with van der Waals surface area (Å²) in [6.07, 6.45) is 6.86. The van der Waals surface area contributed by atoms with E-state index in [4.69, 9.17) is 15.6 Å². The Hall–Kier alpha value is -4.00. The van der Waals surface area contributed by atoms with Crippen molar-refractivity contribution in [1.29, 1.82) is 0 Å². The number of amides is 4. The second-order valence-electron chi connectivity index (χ2n) is 12.9. The van der Waals surface area contributed by atoms with Crippen LogP contribution in [0.2, 0.25) is 0 Å². The van der Waals surface area contributed by atoms with E-state index in [9.17, 15) is 28.8 Å². The molecule has 1 aliphatic rings. The topological polar surface area (TPSA) is 206 Å². The van der Waals surface area contributed by atoms with Crippen LogP contribution in [-0.4, -0.2) is 78.3 Å². The van der Waals surface area contributed by atoms with Gasteiger partial charge in [0.15, 0.2) is 12.4 Å². The Morgan fingerprint density at radius 2 is 1.49 bits per heavy atom. The fourth-order valence-corrected chi connectivity index (χ4v) is 5.67. The fraction of sp³-hybridized carbons (Fsp3) is 0.647. The van der Waals surface area contributed by atoms with Crippen LogP contribution in [0, 0.1) is 17.8 Å². The Morgan fingerprint density at radius 1 is 0.872 bits per heavy atom. The lowest BCUT2D eigenvalue weighted by Gasteiger charge is -2.28. The average molecular weight is 660 g/mol. The van der Waals surface area contributed by atoms with Gasteiger partial charge in [0.05, 0.1) is 12.6 Å². The molecule has 1 aromatic rings. The maximum Gasteiger partial charge on any atom is 0.341 e. The van der Waals surface area contributed by atoms with E-state index >= 15 is 0 Å². The van der Waals surface area contributed by atoms with Gasteiger partial charge in [0, 0.05) is 5.92 Å². The van der Waals surface area contributed by atoms with Crippen LogP contribution >= 0.6 is 0 Å². The SMILES string of the molecule is CC(=O)[C@H](CC1CCCCC1)NC(=O)[C@H](CCN)NC(=O)[C@@H](CC(C)C)NC(=O)CNC(=O)[C@@H](C)Cc1ccc(OCC(=O)O)cc1. The molecular weight excluding hydrogens is 606 g/mol. The highest BCUT2D eigenvalue weighted by molar-refractivity contribution is 5.94. The van der Waals surface area contributed by atoms with Crippen molar-refractivity contribution < 1.29 is 38.6 Å². The second kappa shape index (κ2) is 20.3. The summed E-state index contributed by atoms with van der Waals surface area (Å²) in [5.41, 5.74) is 6.58. The van der Waals surface area contributed by atoms with Crippen LogP contribution < -0.4 is 31.7 Å². The fourth-order valence-electron chi connectivity index (χ4n) is 5.67. The van der Waals surface area contributed by atoms with E-state index < -0.39 is 54.3 Å². The number of carbonyl (C=O) groups is 6. The van der Waals surface area contributed by atoms with E-state index in [0.717, 1.165) is 31.2 Å². The molecule has 0 aliphatic heterocycles. The van der Waals surface area contributed by atoms with Crippen LogP contribution in [0.1, 0.15) is 84.6 Å². The Bertz CT molecular complexity index is 1200. The molecule has 4 amide bonds. The molecule has 4 atom stereocenters. The Kier molecular flexibility index (Phi) is 16.9. The smallest absolute Gasteiger partial charge is 0.341 e. The number of rotatable bonds is 20. The molecule has 0 bridgehead atoms. The van der Waals surface area contributed by atoms with Gasteiger partial charge in [-0.2, -0.15) is 0 Å². The summed E-state index contributed by atoms with van der Waals surface area (Å²) < 4.78 is 5.12. The van der Waals surface area contributed by atoms with E-state index in [2.05, 4.69) is 21.3 Å². The third kappa shape index (κ3) is 15.0. The second-order valence-corrected chi connectivity index (χ2v) is 12.9. The molecule has 1 aliphatic carbocycles. The molecule has 1 fully saturated rings. The minimum absolute atomic E-state index is 0.0287. The zero-order valence-corrected chi connectivity index (χ0v) is 28.1. The maximum atomic E-state index is 13.3. The Labute approximate surface area is 277 Å². The van der Waals surface area contributed by atoms with Gasteiger partial charge in [-0.05, 0) is 68.7 Å². The third-order valence-corrected chi connectivity index (χ3v) is 8.25. The zero-order valence-electron chi connectivity index (χ0n) is 28.1. The highest BCUT2D eigenvalue weighted by Gasteiger charge is 2.30. The normalized spacial score (nSPS) is 15.9. The number of ketones is 1. The van der Waals surface area contributed by atoms with Crippen molar-refractivity contribution in [2.24, 2.45) is 23.5 Å². The van der Waals surface area contributed by atoms with Crippen LogP contribution in [0.4, 0.5) is 0 Å². The van der Waals surface area contributed by atoms with E-state index in [1.165, 1.54) is 13.3 Å². The maximum absolute atomic E-state index is 13.3. The molecule has 0 spiro atoms. The molecule has 0 unspecified atom stereocenters. The van der Waals surface area contributed by atoms with Crippen molar-refractivity contribution in [2.45, 2.75) is 104 Å². The number of hydrogen-bond acceptors (Lipinski definition) is 8. The molecule has 262 valence electrons. The van der Waals surface area contributed by atoms with Crippen molar-refractivity contribution in [2.75, 3.05) is 19.7 Å². The van der Waals surface area contributed by atoms with E-state index in [-0.39, 0.29) is 37.1 Å². The van der Waals surface area contributed by atoms with Gasteiger partial charge in [-0.15, -0.1) is 0 Å². The highest BCUT2D eigenvalue weighted by Crippen LogP contribution is 2.27. The van der Waals surface area contributed by atoms with Gasteiger partial charge in [0.1, 0.15) is 17.8 Å². The lowest BCUT2D eigenvalue weighted by Crippen LogP contribution is -2.57. The monoisotopic (exact) mass is 659 g/mol. The first kappa shape index (κ1) is 39.2. The number of carboxylic acid groups (broad SMARTS) is 1. The van der Waals surface area contributed by atoms with Gasteiger partial charge in [-0.1, -0.05) is 65.0 Å². The first-order chi connectivity index (χ1) is 22.3. The van der Waals surface area contributed by atoms with Crippen LogP contribution in [0.5, 0.6) is 5.75 Å². The minimum Gasteiger partial charge on any atom is -0.482 e. The highest BCUT2D eigenvalue weighted by atomic mass is 16.5. The van der Waals surface area contributed by atoms with Crippen molar-refractivity contribution in [3.63, 3.8) is 0 Å². The van der Waals surface area contributed by atoms with Crippen molar-refractivity contribution in [1.82, 2.24) is 21.3 Å². The van der Waals surface area contributed by atoms with Gasteiger partial charge in [0.2, 0.25) is 23.6 Å².